The number of amides is 1. The predicted molar refractivity (Wildman–Crippen MR) is 86.3 cm³/mol. The number of thiazole rings is 1. The zero-order valence-electron chi connectivity index (χ0n) is 10.7. The van der Waals surface area contributed by atoms with E-state index in [4.69, 9.17) is 17.3 Å². The van der Waals surface area contributed by atoms with Crippen molar-refractivity contribution in [1.29, 1.82) is 0 Å². The molecule has 21 heavy (non-hydrogen) atoms. The summed E-state index contributed by atoms with van der Waals surface area (Å²) >= 11 is 7.62. The highest BCUT2D eigenvalue weighted by Crippen LogP contribution is 2.33. The third-order valence-corrected chi connectivity index (χ3v) is 5.04. The summed E-state index contributed by atoms with van der Waals surface area (Å²) in [6.45, 7) is -0.409. The van der Waals surface area contributed by atoms with Gasteiger partial charge in [-0.2, -0.15) is 0 Å². The number of carbonyl (C=O) groups excluding carboxylic acids is 1. The molecule has 6 nitrogen and oxygen atoms in total. The maximum absolute atomic E-state index is 12.1. The number of anilines is 1. The van der Waals surface area contributed by atoms with Crippen molar-refractivity contribution < 1.29 is 14.7 Å². The van der Waals surface area contributed by atoms with Crippen molar-refractivity contribution in [2.45, 2.75) is 18.9 Å². The minimum Gasteiger partial charge on any atom is -0.480 e. The maximum atomic E-state index is 12.1. The summed E-state index contributed by atoms with van der Waals surface area (Å²) in [6, 6.07) is 0.526. The van der Waals surface area contributed by atoms with Crippen LogP contribution < -0.4 is 5.32 Å². The first-order valence-electron chi connectivity index (χ1n) is 6.22. The molecule has 2 fully saturated rings. The van der Waals surface area contributed by atoms with Gasteiger partial charge in [-0.05, 0) is 18.9 Å². The molecule has 1 aliphatic carbocycles. The van der Waals surface area contributed by atoms with Crippen LogP contribution in [0.15, 0.2) is 10.3 Å². The Hall–Kier alpha value is -1.45. The molecule has 2 aliphatic rings. The second kappa shape index (κ2) is 5.74. The van der Waals surface area contributed by atoms with Crippen molar-refractivity contribution in [3.05, 3.63) is 16.0 Å². The summed E-state index contributed by atoms with van der Waals surface area (Å²) in [5, 5.41) is 14.8. The molecule has 1 saturated carbocycles. The standard InChI is InChI=1S/C12H11N3O3S3/c16-9(17)4-15-10(18)8(21-12(15)19)3-7-5-20-11(14-7)13-6-1-2-6/h3,5-6H,1-2,4H2,(H,13,14)(H,16,17). The first kappa shape index (κ1) is 14.5. The van der Waals surface area contributed by atoms with Gasteiger partial charge in [-0.1, -0.05) is 24.0 Å². The highest BCUT2D eigenvalue weighted by Gasteiger charge is 2.33. The Morgan fingerprint density at radius 1 is 1.62 bits per heavy atom. The number of thiocarbonyl (C=S) groups is 1. The number of hydrogen-bond donors (Lipinski definition) is 2. The molecule has 1 aromatic rings. The van der Waals surface area contributed by atoms with Gasteiger partial charge >= 0.3 is 5.97 Å². The van der Waals surface area contributed by atoms with Gasteiger partial charge in [0.1, 0.15) is 10.9 Å². The first-order valence-corrected chi connectivity index (χ1v) is 8.32. The summed E-state index contributed by atoms with van der Waals surface area (Å²) in [5.74, 6) is -1.46. The van der Waals surface area contributed by atoms with E-state index in [1.165, 1.54) is 24.2 Å². The van der Waals surface area contributed by atoms with Gasteiger partial charge in [-0.3, -0.25) is 14.5 Å². The molecule has 1 aromatic heterocycles. The highest BCUT2D eigenvalue weighted by atomic mass is 32.2. The number of carbonyl (C=O) groups is 2. The largest absolute Gasteiger partial charge is 0.480 e. The molecule has 0 bridgehead atoms. The smallest absolute Gasteiger partial charge is 0.323 e. The Balaban J connectivity index is 1.73. The van der Waals surface area contributed by atoms with Crippen molar-refractivity contribution in [3.8, 4) is 0 Å². The molecule has 2 N–H and O–H groups in total. The van der Waals surface area contributed by atoms with Gasteiger partial charge in [0.2, 0.25) is 0 Å². The van der Waals surface area contributed by atoms with E-state index in [0.29, 0.717) is 16.6 Å². The van der Waals surface area contributed by atoms with Gasteiger partial charge in [0.05, 0.1) is 10.6 Å². The van der Waals surface area contributed by atoms with E-state index < -0.39 is 12.5 Å². The fraction of sp³-hybridized carbons (Fsp3) is 0.333. The number of rotatable bonds is 5. The molecule has 1 aliphatic heterocycles. The summed E-state index contributed by atoms with van der Waals surface area (Å²) in [5.41, 5.74) is 0.680. The van der Waals surface area contributed by atoms with Crippen LogP contribution in [-0.4, -0.2) is 43.8 Å². The van der Waals surface area contributed by atoms with Crippen LogP contribution in [0.25, 0.3) is 6.08 Å². The quantitative estimate of drug-likeness (QED) is 0.626. The van der Waals surface area contributed by atoms with Crippen LogP contribution >= 0.6 is 35.3 Å². The topological polar surface area (TPSA) is 82.5 Å². The average molecular weight is 341 g/mol. The lowest BCUT2D eigenvalue weighted by Gasteiger charge is -2.09. The van der Waals surface area contributed by atoms with Crippen LogP contribution in [-0.2, 0) is 9.59 Å². The second-order valence-corrected chi connectivity index (χ2v) is 7.19. The van der Waals surface area contributed by atoms with Crippen molar-refractivity contribution in [3.63, 3.8) is 0 Å². The van der Waals surface area contributed by atoms with Crippen LogP contribution in [0.1, 0.15) is 18.5 Å². The van der Waals surface area contributed by atoms with E-state index in [-0.39, 0.29) is 10.2 Å². The molecule has 0 radical (unpaired) electrons. The molecule has 0 aromatic carbocycles. The fourth-order valence-electron chi connectivity index (χ4n) is 1.73. The van der Waals surface area contributed by atoms with Crippen molar-refractivity contribution >= 4 is 62.7 Å². The Labute approximate surface area is 134 Å². The third-order valence-electron chi connectivity index (χ3n) is 2.87. The van der Waals surface area contributed by atoms with E-state index in [1.54, 1.807) is 6.08 Å². The molecule has 0 unspecified atom stereocenters. The number of aliphatic carboxylic acids is 1. The normalized spacial score (nSPS) is 20.4. The maximum Gasteiger partial charge on any atom is 0.323 e. The summed E-state index contributed by atoms with van der Waals surface area (Å²) in [4.78, 5) is 28.7. The predicted octanol–water partition coefficient (Wildman–Crippen LogP) is 2.00. The van der Waals surface area contributed by atoms with Gasteiger partial charge in [0.15, 0.2) is 5.13 Å². The second-order valence-electron chi connectivity index (χ2n) is 4.66. The van der Waals surface area contributed by atoms with E-state index in [2.05, 4.69) is 10.3 Å². The molecule has 0 spiro atoms. The zero-order valence-corrected chi connectivity index (χ0v) is 13.2. The van der Waals surface area contributed by atoms with Gasteiger partial charge < -0.3 is 10.4 Å². The number of carboxylic acid groups (broad SMARTS) is 1. The Morgan fingerprint density at radius 3 is 3.05 bits per heavy atom. The molecule has 1 saturated heterocycles. The fourth-order valence-corrected chi connectivity index (χ4v) is 3.71. The lowest BCUT2D eigenvalue weighted by atomic mass is 10.3. The van der Waals surface area contributed by atoms with E-state index in [9.17, 15) is 9.59 Å². The number of carboxylic acids is 1. The Bertz CT molecular complexity index is 651. The molecule has 9 heteroatoms. The van der Waals surface area contributed by atoms with Gasteiger partial charge in [-0.25, -0.2) is 4.98 Å². The number of nitrogens with zero attached hydrogens (tertiary/aromatic N) is 2. The minimum absolute atomic E-state index is 0.264. The molecular formula is C12H11N3O3S3. The minimum atomic E-state index is -1.09. The third kappa shape index (κ3) is 3.42. The molecule has 110 valence electrons. The number of thioether (sulfide) groups is 1. The van der Waals surface area contributed by atoms with Crippen molar-refractivity contribution in [1.82, 2.24) is 9.88 Å². The number of nitrogens with one attached hydrogen (secondary N) is 1. The first-order chi connectivity index (χ1) is 10.0. The van der Waals surface area contributed by atoms with E-state index in [1.807, 2.05) is 5.38 Å². The SMILES string of the molecule is O=C(O)CN1C(=O)C(=Cc2csc(NC3CC3)n2)SC1=S. The van der Waals surface area contributed by atoms with Crippen molar-refractivity contribution in [2.75, 3.05) is 11.9 Å². The molecular weight excluding hydrogens is 330 g/mol. The van der Waals surface area contributed by atoms with Crippen LogP contribution in [0.5, 0.6) is 0 Å². The number of hydrogen-bond acceptors (Lipinski definition) is 7. The van der Waals surface area contributed by atoms with E-state index in [0.717, 1.165) is 21.8 Å². The monoisotopic (exact) mass is 341 g/mol. The average Bonchev–Trinajstić information content (AvgIpc) is 3.06. The van der Waals surface area contributed by atoms with E-state index >= 15 is 0 Å². The highest BCUT2D eigenvalue weighted by molar-refractivity contribution is 8.26. The zero-order chi connectivity index (χ0) is 15.0. The van der Waals surface area contributed by atoms with Crippen molar-refractivity contribution in [2.24, 2.45) is 0 Å². The summed E-state index contributed by atoms with van der Waals surface area (Å²) in [7, 11) is 0. The molecule has 2 heterocycles. The van der Waals surface area contributed by atoms with Gasteiger partial charge in [0, 0.05) is 11.4 Å². The van der Waals surface area contributed by atoms with Crippen LogP contribution in [0.4, 0.5) is 5.13 Å². The lowest BCUT2D eigenvalue weighted by molar-refractivity contribution is -0.140. The van der Waals surface area contributed by atoms with Gasteiger partial charge in [-0.15, -0.1) is 11.3 Å². The van der Waals surface area contributed by atoms with Gasteiger partial charge in [0.25, 0.3) is 5.91 Å². The summed E-state index contributed by atoms with van der Waals surface area (Å²) < 4.78 is 0.264. The molecule has 1 amide bonds. The summed E-state index contributed by atoms with van der Waals surface area (Å²) in [6.07, 6.45) is 3.99. The Kier molecular flexibility index (Phi) is 3.96. The van der Waals surface area contributed by atoms with Crippen LogP contribution in [0.2, 0.25) is 0 Å². The van der Waals surface area contributed by atoms with Crippen LogP contribution in [0.3, 0.4) is 0 Å². The molecule has 3 rings (SSSR count). The number of aromatic nitrogens is 1. The lowest BCUT2D eigenvalue weighted by Crippen LogP contribution is -2.33. The van der Waals surface area contributed by atoms with Crippen LogP contribution in [0, 0.1) is 0 Å². The molecule has 0 atom stereocenters. The Morgan fingerprint density at radius 2 is 2.38 bits per heavy atom.